The number of hydrogen-bond acceptors (Lipinski definition) is 6. The van der Waals surface area contributed by atoms with Crippen LogP contribution in [0, 0.1) is 34.0 Å². The zero-order valence-corrected chi connectivity index (χ0v) is 9.08. The second-order valence-corrected chi connectivity index (χ2v) is 3.84. The molecule has 0 saturated heterocycles. The van der Waals surface area contributed by atoms with Gasteiger partial charge in [0.15, 0.2) is 0 Å². The van der Waals surface area contributed by atoms with Crippen molar-refractivity contribution in [2.45, 2.75) is 11.4 Å². The summed E-state index contributed by atoms with van der Waals surface area (Å²) < 4.78 is 0. The van der Waals surface area contributed by atoms with Crippen LogP contribution in [0.15, 0.2) is 11.1 Å². The summed E-state index contributed by atoms with van der Waals surface area (Å²) in [5.41, 5.74) is 6.05. The quantitative estimate of drug-likeness (QED) is 0.619. The molecule has 6 heteroatoms. The Morgan fingerprint density at radius 1 is 1.25 bits per heavy atom. The van der Waals surface area contributed by atoms with Crippen LogP contribution in [0.25, 0.3) is 0 Å². The van der Waals surface area contributed by atoms with E-state index in [0.717, 1.165) is 0 Å². The summed E-state index contributed by atoms with van der Waals surface area (Å²) in [6.45, 7) is 0. The van der Waals surface area contributed by atoms with Crippen molar-refractivity contribution in [1.29, 1.82) is 15.8 Å². The van der Waals surface area contributed by atoms with E-state index in [4.69, 9.17) is 21.5 Å². The minimum atomic E-state index is 0.112. The van der Waals surface area contributed by atoms with Crippen molar-refractivity contribution in [3.05, 3.63) is 17.2 Å². The molecule has 0 aromatic carbocycles. The third kappa shape index (κ3) is 2.63. The Balaban J connectivity index is 3.02. The fourth-order valence-corrected chi connectivity index (χ4v) is 1.79. The van der Waals surface area contributed by atoms with Gasteiger partial charge >= 0.3 is 0 Å². The first-order valence-electron chi connectivity index (χ1n) is 4.33. The first kappa shape index (κ1) is 11.8. The lowest BCUT2D eigenvalue weighted by Crippen LogP contribution is -1.99. The Hall–Kier alpha value is -2.23. The van der Waals surface area contributed by atoms with E-state index in [1.54, 1.807) is 0 Å². The number of nitrogen functional groups attached to an aromatic ring is 1. The van der Waals surface area contributed by atoms with E-state index in [-0.39, 0.29) is 11.4 Å². The van der Waals surface area contributed by atoms with E-state index in [2.05, 4.69) is 4.98 Å². The Kier molecular flexibility index (Phi) is 4.15. The Bertz CT molecular complexity index is 518. The first-order chi connectivity index (χ1) is 7.72. The number of nitrogens with two attached hydrogens (primary N) is 1. The van der Waals surface area contributed by atoms with Gasteiger partial charge < -0.3 is 5.73 Å². The second kappa shape index (κ2) is 5.60. The van der Waals surface area contributed by atoms with E-state index in [0.29, 0.717) is 22.8 Å². The molecule has 2 N–H and O–H groups in total. The van der Waals surface area contributed by atoms with Crippen molar-refractivity contribution in [2.24, 2.45) is 0 Å². The maximum atomic E-state index is 8.87. The molecule has 0 aliphatic rings. The Morgan fingerprint density at radius 3 is 2.50 bits per heavy atom. The van der Waals surface area contributed by atoms with E-state index in [1.165, 1.54) is 17.8 Å². The minimum Gasteiger partial charge on any atom is -0.383 e. The number of thioether (sulfide) groups is 1. The van der Waals surface area contributed by atoms with Crippen LogP contribution in [-0.2, 0) is 0 Å². The Labute approximate surface area is 97.1 Å². The standard InChI is InChI=1S/C10H7N5S/c11-2-1-3-16-10-8(6-13)4-7(5-12)9(14)15-10/h4H,1,3H2,(H2,14,15). The van der Waals surface area contributed by atoms with Crippen LogP contribution in [0.1, 0.15) is 17.5 Å². The molecule has 78 valence electrons. The normalized spacial score (nSPS) is 8.81. The maximum Gasteiger partial charge on any atom is 0.142 e. The molecule has 5 nitrogen and oxygen atoms in total. The number of hydrogen-bond donors (Lipinski definition) is 1. The summed E-state index contributed by atoms with van der Waals surface area (Å²) in [7, 11) is 0. The van der Waals surface area contributed by atoms with E-state index < -0.39 is 0 Å². The molecule has 0 fully saturated rings. The molecule has 1 aromatic heterocycles. The average Bonchev–Trinajstić information content (AvgIpc) is 2.30. The molecule has 1 aromatic rings. The predicted octanol–water partition coefficient (Wildman–Crippen LogP) is 1.41. The van der Waals surface area contributed by atoms with E-state index >= 15 is 0 Å². The highest BCUT2D eigenvalue weighted by Crippen LogP contribution is 2.24. The van der Waals surface area contributed by atoms with Crippen molar-refractivity contribution in [2.75, 3.05) is 11.5 Å². The highest BCUT2D eigenvalue weighted by Gasteiger charge is 2.09. The fraction of sp³-hybridized carbons (Fsp3) is 0.200. The molecule has 0 aliphatic heterocycles. The predicted molar refractivity (Wildman–Crippen MR) is 59.0 cm³/mol. The molecular formula is C10H7N5S. The van der Waals surface area contributed by atoms with Gasteiger partial charge in [0.1, 0.15) is 23.0 Å². The van der Waals surface area contributed by atoms with Crippen LogP contribution in [0.2, 0.25) is 0 Å². The number of anilines is 1. The number of pyridine rings is 1. The van der Waals surface area contributed by atoms with Gasteiger partial charge in [-0.15, -0.1) is 11.8 Å². The largest absolute Gasteiger partial charge is 0.383 e. The van der Waals surface area contributed by atoms with Gasteiger partial charge in [-0.05, 0) is 6.07 Å². The number of aromatic nitrogens is 1. The van der Waals surface area contributed by atoms with Crippen LogP contribution < -0.4 is 5.73 Å². The van der Waals surface area contributed by atoms with Crippen LogP contribution in [0.3, 0.4) is 0 Å². The lowest BCUT2D eigenvalue weighted by Gasteiger charge is -2.03. The van der Waals surface area contributed by atoms with Gasteiger partial charge in [0.2, 0.25) is 0 Å². The lowest BCUT2D eigenvalue weighted by atomic mass is 10.2. The average molecular weight is 229 g/mol. The van der Waals surface area contributed by atoms with Gasteiger partial charge in [-0.2, -0.15) is 15.8 Å². The fourth-order valence-electron chi connectivity index (χ4n) is 0.983. The minimum absolute atomic E-state index is 0.112. The molecule has 16 heavy (non-hydrogen) atoms. The summed E-state index contributed by atoms with van der Waals surface area (Å²) in [5.74, 6) is 0.657. The molecular weight excluding hydrogens is 222 g/mol. The second-order valence-electron chi connectivity index (χ2n) is 2.75. The SMILES string of the molecule is N#CCCSc1nc(N)c(C#N)cc1C#N. The van der Waals surface area contributed by atoms with Crippen molar-refractivity contribution in [3.63, 3.8) is 0 Å². The molecule has 0 amide bonds. The highest BCUT2D eigenvalue weighted by atomic mass is 32.2. The van der Waals surface area contributed by atoms with Crippen LogP contribution in [0.4, 0.5) is 5.82 Å². The van der Waals surface area contributed by atoms with Gasteiger partial charge in [0.05, 0.1) is 17.2 Å². The Morgan fingerprint density at radius 2 is 1.94 bits per heavy atom. The molecule has 0 atom stereocenters. The highest BCUT2D eigenvalue weighted by molar-refractivity contribution is 7.99. The summed E-state index contributed by atoms with van der Waals surface area (Å²) in [6.07, 6.45) is 0.372. The summed E-state index contributed by atoms with van der Waals surface area (Å²) in [4.78, 5) is 3.97. The van der Waals surface area contributed by atoms with Crippen molar-refractivity contribution < 1.29 is 0 Å². The van der Waals surface area contributed by atoms with Crippen LogP contribution in [0.5, 0.6) is 0 Å². The van der Waals surface area contributed by atoms with Crippen molar-refractivity contribution in [1.82, 2.24) is 4.98 Å². The summed E-state index contributed by atoms with van der Waals surface area (Å²) in [5, 5.41) is 26.4. The zero-order chi connectivity index (χ0) is 12.0. The first-order valence-corrected chi connectivity index (χ1v) is 5.32. The summed E-state index contributed by atoms with van der Waals surface area (Å²) in [6, 6.07) is 7.23. The van der Waals surface area contributed by atoms with Gasteiger partial charge in [-0.25, -0.2) is 4.98 Å². The van der Waals surface area contributed by atoms with Crippen LogP contribution in [-0.4, -0.2) is 10.7 Å². The van der Waals surface area contributed by atoms with Crippen molar-refractivity contribution >= 4 is 17.6 Å². The number of rotatable bonds is 3. The number of nitriles is 3. The van der Waals surface area contributed by atoms with Crippen molar-refractivity contribution in [3.8, 4) is 18.2 Å². The van der Waals surface area contributed by atoms with Gasteiger partial charge in [0, 0.05) is 12.2 Å². The molecule has 0 saturated carbocycles. The van der Waals surface area contributed by atoms with E-state index in [9.17, 15) is 0 Å². The summed E-state index contributed by atoms with van der Waals surface area (Å²) >= 11 is 1.28. The maximum absolute atomic E-state index is 8.87. The molecule has 0 unspecified atom stereocenters. The van der Waals surface area contributed by atoms with Gasteiger partial charge in [-0.1, -0.05) is 0 Å². The molecule has 0 radical (unpaired) electrons. The molecule has 1 heterocycles. The monoisotopic (exact) mass is 229 g/mol. The zero-order valence-electron chi connectivity index (χ0n) is 8.27. The van der Waals surface area contributed by atoms with Gasteiger partial charge in [0.25, 0.3) is 0 Å². The molecule has 0 bridgehead atoms. The molecule has 0 spiro atoms. The smallest absolute Gasteiger partial charge is 0.142 e. The number of nitrogens with zero attached hydrogens (tertiary/aromatic N) is 4. The van der Waals surface area contributed by atoms with E-state index in [1.807, 2.05) is 18.2 Å². The molecule has 0 aliphatic carbocycles. The molecule has 1 rings (SSSR count). The topological polar surface area (TPSA) is 110 Å². The van der Waals surface area contributed by atoms with Gasteiger partial charge in [-0.3, -0.25) is 0 Å². The third-order valence-corrected chi connectivity index (χ3v) is 2.70. The van der Waals surface area contributed by atoms with Crippen LogP contribution >= 0.6 is 11.8 Å². The lowest BCUT2D eigenvalue weighted by molar-refractivity contribution is 1.11. The third-order valence-electron chi connectivity index (χ3n) is 1.71.